The molecule has 3 N–H and O–H groups in total. The summed E-state index contributed by atoms with van der Waals surface area (Å²) >= 11 is 0. The number of benzene rings is 1. The molecule has 0 aliphatic rings. The second-order valence-electron chi connectivity index (χ2n) is 2.61. The van der Waals surface area contributed by atoms with Gasteiger partial charge in [-0.1, -0.05) is 6.07 Å². The molecular formula is C9H8N2O2. The van der Waals surface area contributed by atoms with Crippen molar-refractivity contribution in [3.63, 3.8) is 0 Å². The summed E-state index contributed by atoms with van der Waals surface area (Å²) in [5.41, 5.74) is 3.29. The number of fused-ring (bicyclic) bond motifs is 1. The lowest BCUT2D eigenvalue weighted by molar-refractivity contribution is 0.0955. The molecule has 1 amide bonds. The van der Waals surface area contributed by atoms with Crippen molar-refractivity contribution in [3.05, 3.63) is 36.1 Å². The molecule has 4 nitrogen and oxygen atoms in total. The zero-order valence-corrected chi connectivity index (χ0v) is 6.78. The van der Waals surface area contributed by atoms with Gasteiger partial charge < -0.3 is 4.42 Å². The lowest BCUT2D eigenvalue weighted by Crippen LogP contribution is -2.30. The SMILES string of the molecule is NNC(=O)c1cccc2occc12. The zero-order valence-electron chi connectivity index (χ0n) is 6.78. The Labute approximate surface area is 74.3 Å². The van der Waals surface area contributed by atoms with Gasteiger partial charge in [0.25, 0.3) is 5.91 Å². The maximum atomic E-state index is 11.2. The van der Waals surface area contributed by atoms with Crippen LogP contribution in [0.25, 0.3) is 11.0 Å². The molecule has 0 fully saturated rings. The van der Waals surface area contributed by atoms with Gasteiger partial charge in [-0.15, -0.1) is 0 Å². The first-order valence-electron chi connectivity index (χ1n) is 3.80. The van der Waals surface area contributed by atoms with Gasteiger partial charge in [0.05, 0.1) is 11.8 Å². The molecule has 0 aliphatic heterocycles. The van der Waals surface area contributed by atoms with E-state index < -0.39 is 0 Å². The Morgan fingerprint density at radius 1 is 1.38 bits per heavy atom. The monoisotopic (exact) mass is 176 g/mol. The average molecular weight is 176 g/mol. The molecule has 2 aromatic rings. The van der Waals surface area contributed by atoms with Crippen LogP contribution in [-0.4, -0.2) is 5.91 Å². The van der Waals surface area contributed by atoms with Crippen molar-refractivity contribution in [2.75, 3.05) is 0 Å². The largest absolute Gasteiger partial charge is 0.464 e. The number of nitrogens with one attached hydrogen (secondary N) is 1. The van der Waals surface area contributed by atoms with E-state index in [4.69, 9.17) is 10.3 Å². The predicted molar refractivity (Wildman–Crippen MR) is 47.9 cm³/mol. The summed E-state index contributed by atoms with van der Waals surface area (Å²) in [5, 5.41) is 0.769. The smallest absolute Gasteiger partial charge is 0.265 e. The number of nitrogen functional groups attached to an aromatic ring is 1. The van der Waals surface area contributed by atoms with Gasteiger partial charge in [-0.3, -0.25) is 10.2 Å². The number of furan rings is 1. The lowest BCUT2D eigenvalue weighted by atomic mass is 10.1. The van der Waals surface area contributed by atoms with E-state index in [1.807, 2.05) is 0 Å². The second kappa shape index (κ2) is 2.91. The third-order valence-electron chi connectivity index (χ3n) is 1.87. The number of carbonyl (C=O) groups is 1. The molecule has 1 aromatic carbocycles. The van der Waals surface area contributed by atoms with Crippen LogP contribution in [0.2, 0.25) is 0 Å². The Balaban J connectivity index is 2.67. The normalized spacial score (nSPS) is 10.2. The molecule has 0 saturated carbocycles. The fraction of sp³-hybridized carbons (Fsp3) is 0. The van der Waals surface area contributed by atoms with Crippen molar-refractivity contribution in [1.82, 2.24) is 5.43 Å². The minimum atomic E-state index is -0.313. The van der Waals surface area contributed by atoms with Crippen molar-refractivity contribution >= 4 is 16.9 Å². The summed E-state index contributed by atoms with van der Waals surface area (Å²) in [4.78, 5) is 11.2. The van der Waals surface area contributed by atoms with E-state index in [9.17, 15) is 4.79 Å². The molecule has 0 aliphatic carbocycles. The molecule has 66 valence electrons. The number of hydrogen-bond donors (Lipinski definition) is 2. The van der Waals surface area contributed by atoms with Gasteiger partial charge in [-0.25, -0.2) is 5.84 Å². The highest BCUT2D eigenvalue weighted by Gasteiger charge is 2.08. The quantitative estimate of drug-likeness (QED) is 0.387. The highest BCUT2D eigenvalue weighted by atomic mass is 16.3. The van der Waals surface area contributed by atoms with Crippen molar-refractivity contribution in [2.45, 2.75) is 0 Å². The van der Waals surface area contributed by atoms with Gasteiger partial charge >= 0.3 is 0 Å². The van der Waals surface area contributed by atoms with Crippen LogP contribution < -0.4 is 11.3 Å². The Morgan fingerprint density at radius 3 is 3.00 bits per heavy atom. The van der Waals surface area contributed by atoms with Gasteiger partial charge in [-0.05, 0) is 18.2 Å². The Hall–Kier alpha value is -1.81. The first-order chi connectivity index (χ1) is 6.33. The minimum absolute atomic E-state index is 0.313. The molecule has 13 heavy (non-hydrogen) atoms. The third-order valence-corrected chi connectivity index (χ3v) is 1.87. The molecule has 0 unspecified atom stereocenters. The van der Waals surface area contributed by atoms with Crippen LogP contribution in [-0.2, 0) is 0 Å². The minimum Gasteiger partial charge on any atom is -0.464 e. The first kappa shape index (κ1) is 7.82. The molecule has 0 spiro atoms. The van der Waals surface area contributed by atoms with E-state index in [1.54, 1.807) is 24.3 Å². The molecule has 0 atom stereocenters. The lowest BCUT2D eigenvalue weighted by Gasteiger charge is -1.99. The molecule has 1 heterocycles. The summed E-state index contributed by atoms with van der Waals surface area (Å²) in [5.74, 6) is 4.72. The van der Waals surface area contributed by atoms with E-state index in [2.05, 4.69) is 5.43 Å². The molecule has 4 heteroatoms. The van der Waals surface area contributed by atoms with E-state index in [0.29, 0.717) is 11.1 Å². The second-order valence-corrected chi connectivity index (χ2v) is 2.61. The van der Waals surface area contributed by atoms with Gasteiger partial charge in [0.1, 0.15) is 5.58 Å². The molecule has 0 saturated heterocycles. The van der Waals surface area contributed by atoms with E-state index in [0.717, 1.165) is 5.39 Å². The van der Waals surface area contributed by atoms with Gasteiger partial charge in [0.15, 0.2) is 0 Å². The highest BCUT2D eigenvalue weighted by Crippen LogP contribution is 2.19. The van der Waals surface area contributed by atoms with Gasteiger partial charge in [-0.2, -0.15) is 0 Å². The number of rotatable bonds is 1. The fourth-order valence-corrected chi connectivity index (χ4v) is 1.27. The van der Waals surface area contributed by atoms with E-state index in [1.165, 1.54) is 6.26 Å². The van der Waals surface area contributed by atoms with Crippen molar-refractivity contribution in [3.8, 4) is 0 Å². The maximum absolute atomic E-state index is 11.2. The summed E-state index contributed by atoms with van der Waals surface area (Å²) in [7, 11) is 0. The summed E-state index contributed by atoms with van der Waals surface area (Å²) in [6.07, 6.45) is 1.54. The third kappa shape index (κ3) is 1.17. The van der Waals surface area contributed by atoms with Crippen LogP contribution in [0.5, 0.6) is 0 Å². The van der Waals surface area contributed by atoms with Crippen LogP contribution in [0, 0.1) is 0 Å². The molecule has 1 aromatic heterocycles. The van der Waals surface area contributed by atoms with Crippen LogP contribution in [0.15, 0.2) is 34.9 Å². The predicted octanol–water partition coefficient (Wildman–Crippen LogP) is 1.04. The van der Waals surface area contributed by atoms with Crippen molar-refractivity contribution < 1.29 is 9.21 Å². The first-order valence-corrected chi connectivity index (χ1v) is 3.80. The average Bonchev–Trinajstić information content (AvgIpc) is 2.63. The van der Waals surface area contributed by atoms with Crippen molar-refractivity contribution in [1.29, 1.82) is 0 Å². The summed E-state index contributed by atoms with van der Waals surface area (Å²) in [6.45, 7) is 0. The molecule has 0 radical (unpaired) electrons. The van der Waals surface area contributed by atoms with Crippen LogP contribution in [0.3, 0.4) is 0 Å². The highest BCUT2D eigenvalue weighted by molar-refractivity contribution is 6.05. The Kier molecular flexibility index (Phi) is 1.75. The molecule has 2 rings (SSSR count). The number of nitrogens with two attached hydrogens (primary N) is 1. The Bertz CT molecular complexity index is 448. The number of amides is 1. The van der Waals surface area contributed by atoms with Crippen LogP contribution in [0.4, 0.5) is 0 Å². The fourth-order valence-electron chi connectivity index (χ4n) is 1.27. The molecular weight excluding hydrogens is 168 g/mol. The van der Waals surface area contributed by atoms with E-state index in [-0.39, 0.29) is 5.91 Å². The molecule has 0 bridgehead atoms. The zero-order chi connectivity index (χ0) is 9.26. The van der Waals surface area contributed by atoms with Crippen molar-refractivity contribution in [2.24, 2.45) is 5.84 Å². The van der Waals surface area contributed by atoms with Crippen LogP contribution in [0.1, 0.15) is 10.4 Å². The summed E-state index contributed by atoms with van der Waals surface area (Å²) in [6, 6.07) is 6.97. The van der Waals surface area contributed by atoms with Gasteiger partial charge in [0, 0.05) is 5.39 Å². The maximum Gasteiger partial charge on any atom is 0.265 e. The number of hydrogen-bond acceptors (Lipinski definition) is 3. The topological polar surface area (TPSA) is 68.3 Å². The van der Waals surface area contributed by atoms with E-state index >= 15 is 0 Å². The van der Waals surface area contributed by atoms with Crippen LogP contribution >= 0.6 is 0 Å². The number of hydrazine groups is 1. The Morgan fingerprint density at radius 2 is 2.23 bits per heavy atom. The van der Waals surface area contributed by atoms with Gasteiger partial charge in [0.2, 0.25) is 0 Å². The number of carbonyl (C=O) groups excluding carboxylic acids is 1. The summed E-state index contributed by atoms with van der Waals surface area (Å²) < 4.78 is 5.13. The standard InChI is InChI=1S/C9H8N2O2/c10-11-9(12)7-2-1-3-8-6(7)4-5-13-8/h1-5H,10H2,(H,11,12).